The van der Waals surface area contributed by atoms with E-state index in [4.69, 9.17) is 0 Å². The molecule has 0 saturated heterocycles. The summed E-state index contributed by atoms with van der Waals surface area (Å²) in [5.74, 6) is 0.0116. The van der Waals surface area contributed by atoms with Crippen molar-refractivity contribution in [3.05, 3.63) is 59.4 Å². The maximum atomic E-state index is 12.4. The molecule has 3 rings (SSSR count). The molecule has 1 amide bonds. The fourth-order valence-corrected chi connectivity index (χ4v) is 3.17. The Balaban J connectivity index is 1.63. The lowest BCUT2D eigenvalue weighted by Gasteiger charge is -2.14. The van der Waals surface area contributed by atoms with Gasteiger partial charge in [-0.25, -0.2) is 0 Å². The number of carbonyl (C=O) groups is 1. The highest BCUT2D eigenvalue weighted by Gasteiger charge is 2.16. The summed E-state index contributed by atoms with van der Waals surface area (Å²) in [7, 11) is 3.92. The molecular formula is C20H25N4O+. The van der Waals surface area contributed by atoms with Crippen LogP contribution in [0.4, 0.5) is 5.69 Å². The summed E-state index contributed by atoms with van der Waals surface area (Å²) in [6.07, 6.45) is 0. The molecule has 0 aliphatic carbocycles. The number of likely N-dealkylation sites (N-methyl/N-ethyl adjacent to an activating group) is 1. The van der Waals surface area contributed by atoms with E-state index in [1.54, 1.807) is 4.68 Å². The number of hydrogen-bond donors (Lipinski definition) is 2. The number of carbonyl (C=O) groups excluding carboxylic acids is 1. The van der Waals surface area contributed by atoms with Crippen LogP contribution in [0, 0.1) is 13.8 Å². The molecule has 2 N–H and O–H groups in total. The molecule has 0 spiro atoms. The molecule has 0 aliphatic rings. The first-order valence-corrected chi connectivity index (χ1v) is 8.53. The number of anilines is 1. The van der Waals surface area contributed by atoms with Crippen LogP contribution in [-0.4, -0.2) is 29.3 Å². The lowest BCUT2D eigenvalue weighted by Crippen LogP contribution is -3.08. The van der Waals surface area contributed by atoms with Crippen LogP contribution in [0.5, 0.6) is 0 Å². The van der Waals surface area contributed by atoms with Crippen LogP contribution < -0.4 is 10.2 Å². The van der Waals surface area contributed by atoms with E-state index < -0.39 is 0 Å². The van der Waals surface area contributed by atoms with Gasteiger partial charge in [-0.1, -0.05) is 36.4 Å². The van der Waals surface area contributed by atoms with Gasteiger partial charge in [-0.05, 0) is 30.7 Å². The third-order valence-electron chi connectivity index (χ3n) is 4.56. The van der Waals surface area contributed by atoms with Crippen molar-refractivity contribution in [2.75, 3.05) is 18.9 Å². The molecule has 0 fully saturated rings. The lowest BCUT2D eigenvalue weighted by atomic mass is 10.1. The summed E-state index contributed by atoms with van der Waals surface area (Å²) in [5, 5.41) is 9.81. The lowest BCUT2D eigenvalue weighted by molar-refractivity contribution is -0.885. The highest BCUT2D eigenvalue weighted by Crippen LogP contribution is 2.18. The third-order valence-corrected chi connectivity index (χ3v) is 4.56. The van der Waals surface area contributed by atoms with E-state index >= 15 is 0 Å². The van der Waals surface area contributed by atoms with Crippen molar-refractivity contribution >= 4 is 22.4 Å². The average Bonchev–Trinajstić information content (AvgIpc) is 2.81. The van der Waals surface area contributed by atoms with Crippen LogP contribution in [0.25, 0.3) is 10.8 Å². The minimum atomic E-state index is 0.0116. The van der Waals surface area contributed by atoms with Crippen molar-refractivity contribution in [2.24, 2.45) is 7.05 Å². The first-order chi connectivity index (χ1) is 11.9. The number of aromatic nitrogens is 2. The van der Waals surface area contributed by atoms with Gasteiger partial charge in [-0.3, -0.25) is 9.48 Å². The maximum absolute atomic E-state index is 12.4. The largest absolute Gasteiger partial charge is 0.326 e. The molecular weight excluding hydrogens is 312 g/mol. The number of quaternary nitrogens is 1. The van der Waals surface area contributed by atoms with Gasteiger partial charge in [0.05, 0.1) is 24.1 Å². The zero-order valence-corrected chi connectivity index (χ0v) is 15.3. The second-order valence-electron chi connectivity index (χ2n) is 6.71. The number of amides is 1. The van der Waals surface area contributed by atoms with Crippen LogP contribution in [0.1, 0.15) is 17.0 Å². The van der Waals surface area contributed by atoms with Crippen molar-refractivity contribution in [1.29, 1.82) is 0 Å². The quantitative estimate of drug-likeness (QED) is 0.746. The van der Waals surface area contributed by atoms with E-state index in [-0.39, 0.29) is 5.91 Å². The van der Waals surface area contributed by atoms with E-state index in [9.17, 15) is 4.79 Å². The normalized spacial score (nSPS) is 12.3. The highest BCUT2D eigenvalue weighted by atomic mass is 16.2. The van der Waals surface area contributed by atoms with E-state index in [0.717, 1.165) is 28.5 Å². The Morgan fingerprint density at radius 3 is 2.56 bits per heavy atom. The van der Waals surface area contributed by atoms with Gasteiger partial charge in [0.1, 0.15) is 6.54 Å². The Labute approximate surface area is 148 Å². The van der Waals surface area contributed by atoms with Crippen molar-refractivity contribution in [1.82, 2.24) is 9.78 Å². The van der Waals surface area contributed by atoms with E-state index in [1.165, 1.54) is 16.3 Å². The molecule has 0 aliphatic heterocycles. The van der Waals surface area contributed by atoms with Gasteiger partial charge in [0.15, 0.2) is 6.54 Å². The van der Waals surface area contributed by atoms with Gasteiger partial charge < -0.3 is 10.2 Å². The summed E-state index contributed by atoms with van der Waals surface area (Å²) in [5.41, 5.74) is 3.88. The Kier molecular flexibility index (Phi) is 4.86. The summed E-state index contributed by atoms with van der Waals surface area (Å²) < 4.78 is 1.79. The van der Waals surface area contributed by atoms with Gasteiger partial charge in [-0.15, -0.1) is 0 Å². The van der Waals surface area contributed by atoms with Crippen molar-refractivity contribution in [2.45, 2.75) is 20.4 Å². The van der Waals surface area contributed by atoms with Gasteiger partial charge in [-0.2, -0.15) is 5.10 Å². The molecule has 25 heavy (non-hydrogen) atoms. The highest BCUT2D eigenvalue weighted by molar-refractivity contribution is 5.92. The Hall–Kier alpha value is -2.66. The summed E-state index contributed by atoms with van der Waals surface area (Å²) in [6.45, 7) is 5.10. The summed E-state index contributed by atoms with van der Waals surface area (Å²) in [6, 6.07) is 14.8. The number of hydrogen-bond acceptors (Lipinski definition) is 2. The molecule has 1 atom stereocenters. The molecule has 3 aromatic rings. The average molecular weight is 337 g/mol. The standard InChI is InChI=1S/C20H24N4O/c1-14-20(15(2)24(4)22-14)21-19(25)13-23(3)12-16-9-10-17-7-5-6-8-18(17)11-16/h5-11H,12-13H2,1-4H3,(H,21,25)/p+1. The van der Waals surface area contributed by atoms with Crippen LogP contribution in [0.2, 0.25) is 0 Å². The van der Waals surface area contributed by atoms with Crippen LogP contribution in [0.15, 0.2) is 42.5 Å². The van der Waals surface area contributed by atoms with Gasteiger partial charge in [0.25, 0.3) is 5.91 Å². The number of rotatable bonds is 5. The molecule has 0 bridgehead atoms. The van der Waals surface area contributed by atoms with Crippen LogP contribution >= 0.6 is 0 Å². The Bertz CT molecular complexity index is 913. The number of fused-ring (bicyclic) bond motifs is 1. The second kappa shape index (κ2) is 7.07. The van der Waals surface area contributed by atoms with Crippen LogP contribution in [0.3, 0.4) is 0 Å². The molecule has 5 heteroatoms. The molecule has 130 valence electrons. The Morgan fingerprint density at radius 1 is 1.16 bits per heavy atom. The molecule has 1 heterocycles. The minimum Gasteiger partial charge on any atom is -0.326 e. The predicted molar refractivity (Wildman–Crippen MR) is 101 cm³/mol. The van der Waals surface area contributed by atoms with Crippen molar-refractivity contribution in [3.63, 3.8) is 0 Å². The summed E-state index contributed by atoms with van der Waals surface area (Å²) in [4.78, 5) is 13.5. The van der Waals surface area contributed by atoms with Crippen molar-refractivity contribution in [3.8, 4) is 0 Å². The molecule has 2 aromatic carbocycles. The third kappa shape index (κ3) is 3.88. The topological polar surface area (TPSA) is 51.4 Å². The maximum Gasteiger partial charge on any atom is 0.279 e. The number of nitrogens with zero attached hydrogens (tertiary/aromatic N) is 2. The zero-order valence-electron chi connectivity index (χ0n) is 15.3. The van der Waals surface area contributed by atoms with Gasteiger partial charge in [0.2, 0.25) is 0 Å². The molecule has 0 saturated carbocycles. The van der Waals surface area contributed by atoms with E-state index in [1.807, 2.05) is 34.0 Å². The van der Waals surface area contributed by atoms with Crippen molar-refractivity contribution < 1.29 is 9.69 Å². The number of aryl methyl sites for hydroxylation is 2. The molecule has 1 unspecified atom stereocenters. The summed E-state index contributed by atoms with van der Waals surface area (Å²) >= 11 is 0. The fourth-order valence-electron chi connectivity index (χ4n) is 3.17. The first kappa shape index (κ1) is 17.2. The minimum absolute atomic E-state index is 0.0116. The zero-order chi connectivity index (χ0) is 18.0. The van der Waals surface area contributed by atoms with Gasteiger partial charge in [0, 0.05) is 12.6 Å². The number of nitrogens with one attached hydrogen (secondary N) is 2. The molecule has 0 radical (unpaired) electrons. The SMILES string of the molecule is Cc1nn(C)c(C)c1NC(=O)C[NH+](C)Cc1ccc2ccccc2c1. The van der Waals surface area contributed by atoms with Crippen LogP contribution in [-0.2, 0) is 18.4 Å². The molecule has 1 aromatic heterocycles. The van der Waals surface area contributed by atoms with E-state index in [0.29, 0.717) is 6.54 Å². The Morgan fingerprint density at radius 2 is 1.88 bits per heavy atom. The smallest absolute Gasteiger partial charge is 0.279 e. The second-order valence-corrected chi connectivity index (χ2v) is 6.71. The predicted octanol–water partition coefficient (Wildman–Crippen LogP) is 1.84. The fraction of sp³-hybridized carbons (Fsp3) is 0.300. The first-order valence-electron chi connectivity index (χ1n) is 8.53. The van der Waals surface area contributed by atoms with E-state index in [2.05, 4.69) is 46.8 Å². The van der Waals surface area contributed by atoms with Gasteiger partial charge >= 0.3 is 0 Å². The molecule has 5 nitrogen and oxygen atoms in total. The monoisotopic (exact) mass is 337 g/mol. The number of benzene rings is 2.